The van der Waals surface area contributed by atoms with Gasteiger partial charge < -0.3 is 15.4 Å². The third-order valence-electron chi connectivity index (χ3n) is 3.35. The summed E-state index contributed by atoms with van der Waals surface area (Å²) in [6, 6.07) is 15.7. The van der Waals surface area contributed by atoms with Gasteiger partial charge in [-0.25, -0.2) is 4.99 Å². The second-order valence-corrected chi connectivity index (χ2v) is 5.36. The van der Waals surface area contributed by atoms with Gasteiger partial charge in [-0.15, -0.1) is 0 Å². The summed E-state index contributed by atoms with van der Waals surface area (Å²) >= 11 is 6.18. The van der Waals surface area contributed by atoms with Crippen LogP contribution in [0.3, 0.4) is 0 Å². The van der Waals surface area contributed by atoms with Crippen molar-refractivity contribution in [1.82, 2.24) is 10.6 Å². The van der Waals surface area contributed by atoms with Crippen LogP contribution in [0.25, 0.3) is 0 Å². The number of para-hydroxylation sites is 1. The number of rotatable bonds is 6. The normalized spacial score (nSPS) is 11.2. The van der Waals surface area contributed by atoms with Crippen molar-refractivity contribution in [2.75, 3.05) is 13.7 Å². The molecule has 0 amide bonds. The summed E-state index contributed by atoms with van der Waals surface area (Å²) in [5.74, 6) is 1.59. The molecule has 0 radical (unpaired) electrons. The molecule has 0 unspecified atom stereocenters. The van der Waals surface area contributed by atoms with E-state index in [0.717, 1.165) is 34.4 Å². The van der Waals surface area contributed by atoms with E-state index in [4.69, 9.17) is 16.3 Å². The monoisotopic (exact) mass is 331 g/mol. The zero-order valence-corrected chi connectivity index (χ0v) is 14.2. The summed E-state index contributed by atoms with van der Waals surface area (Å²) in [4.78, 5) is 4.61. The SMILES string of the molecule is CCNC(=NCc1ccccc1OC)NCc1ccccc1Cl. The Hall–Kier alpha value is -2.20. The van der Waals surface area contributed by atoms with Crippen LogP contribution >= 0.6 is 11.6 Å². The van der Waals surface area contributed by atoms with E-state index in [-0.39, 0.29) is 0 Å². The van der Waals surface area contributed by atoms with Gasteiger partial charge in [-0.05, 0) is 24.6 Å². The fourth-order valence-electron chi connectivity index (χ4n) is 2.16. The van der Waals surface area contributed by atoms with Crippen LogP contribution in [0.1, 0.15) is 18.1 Å². The van der Waals surface area contributed by atoms with Gasteiger partial charge in [0.25, 0.3) is 0 Å². The van der Waals surface area contributed by atoms with E-state index < -0.39 is 0 Å². The number of nitrogens with zero attached hydrogens (tertiary/aromatic N) is 1. The van der Waals surface area contributed by atoms with Crippen LogP contribution in [0, 0.1) is 0 Å². The zero-order valence-electron chi connectivity index (χ0n) is 13.5. The smallest absolute Gasteiger partial charge is 0.191 e. The molecule has 0 saturated carbocycles. The summed E-state index contributed by atoms with van der Waals surface area (Å²) in [7, 11) is 1.67. The van der Waals surface area contributed by atoms with Gasteiger partial charge in [0, 0.05) is 23.7 Å². The number of halogens is 1. The number of methoxy groups -OCH3 is 1. The van der Waals surface area contributed by atoms with E-state index in [1.807, 2.05) is 55.5 Å². The summed E-state index contributed by atoms with van der Waals surface area (Å²) in [6.07, 6.45) is 0. The van der Waals surface area contributed by atoms with Crippen LogP contribution in [-0.2, 0) is 13.1 Å². The van der Waals surface area contributed by atoms with Crippen molar-refractivity contribution in [3.05, 3.63) is 64.7 Å². The van der Waals surface area contributed by atoms with Gasteiger partial charge in [0.15, 0.2) is 5.96 Å². The predicted molar refractivity (Wildman–Crippen MR) is 96.1 cm³/mol. The van der Waals surface area contributed by atoms with E-state index in [9.17, 15) is 0 Å². The van der Waals surface area contributed by atoms with Crippen molar-refractivity contribution in [3.63, 3.8) is 0 Å². The summed E-state index contributed by atoms with van der Waals surface area (Å²) in [6.45, 7) is 4.00. The molecule has 2 N–H and O–H groups in total. The van der Waals surface area contributed by atoms with Crippen LogP contribution in [0.5, 0.6) is 5.75 Å². The molecule has 2 rings (SSSR count). The second-order valence-electron chi connectivity index (χ2n) is 4.95. The third-order valence-corrected chi connectivity index (χ3v) is 3.72. The Labute approximate surface area is 142 Å². The Balaban J connectivity index is 2.04. The predicted octanol–water partition coefficient (Wildman–Crippen LogP) is 3.60. The van der Waals surface area contributed by atoms with E-state index in [2.05, 4.69) is 15.6 Å². The molecule has 4 nitrogen and oxygen atoms in total. The maximum Gasteiger partial charge on any atom is 0.191 e. The molecule has 0 aliphatic carbocycles. The molecule has 2 aromatic rings. The number of ether oxygens (including phenoxy) is 1. The van der Waals surface area contributed by atoms with Gasteiger partial charge in [-0.2, -0.15) is 0 Å². The minimum absolute atomic E-state index is 0.544. The molecule has 0 atom stereocenters. The van der Waals surface area contributed by atoms with E-state index in [1.165, 1.54) is 0 Å². The topological polar surface area (TPSA) is 45.7 Å². The molecule has 122 valence electrons. The van der Waals surface area contributed by atoms with Crippen LogP contribution in [0.4, 0.5) is 0 Å². The average molecular weight is 332 g/mol. The molecule has 0 bridgehead atoms. The van der Waals surface area contributed by atoms with Gasteiger partial charge in [-0.1, -0.05) is 48.0 Å². The second kappa shape index (κ2) is 9.06. The average Bonchev–Trinajstić information content (AvgIpc) is 2.59. The van der Waals surface area contributed by atoms with Crippen molar-refractivity contribution in [2.24, 2.45) is 4.99 Å². The third kappa shape index (κ3) is 5.18. The summed E-state index contributed by atoms with van der Waals surface area (Å²) in [5, 5.41) is 7.28. The molecule has 0 heterocycles. The Bertz CT molecular complexity index is 658. The van der Waals surface area contributed by atoms with Crippen molar-refractivity contribution in [1.29, 1.82) is 0 Å². The van der Waals surface area contributed by atoms with E-state index >= 15 is 0 Å². The molecule has 0 aromatic heterocycles. The molecule has 0 fully saturated rings. The van der Waals surface area contributed by atoms with Crippen molar-refractivity contribution in [3.8, 4) is 5.75 Å². The number of hydrogen-bond acceptors (Lipinski definition) is 2. The van der Waals surface area contributed by atoms with Crippen LogP contribution < -0.4 is 15.4 Å². The zero-order chi connectivity index (χ0) is 16.5. The minimum atomic E-state index is 0.544. The number of guanidine groups is 1. The van der Waals surface area contributed by atoms with Gasteiger partial charge in [-0.3, -0.25) is 0 Å². The highest BCUT2D eigenvalue weighted by molar-refractivity contribution is 6.31. The summed E-state index contributed by atoms with van der Waals surface area (Å²) < 4.78 is 5.36. The fraction of sp³-hybridized carbons (Fsp3) is 0.278. The highest BCUT2D eigenvalue weighted by atomic mass is 35.5. The minimum Gasteiger partial charge on any atom is -0.496 e. The Morgan fingerprint density at radius 2 is 1.74 bits per heavy atom. The molecule has 5 heteroatoms. The molecular weight excluding hydrogens is 310 g/mol. The molecule has 0 aliphatic heterocycles. The van der Waals surface area contributed by atoms with Gasteiger partial charge in [0.05, 0.1) is 13.7 Å². The van der Waals surface area contributed by atoms with Crippen molar-refractivity contribution in [2.45, 2.75) is 20.0 Å². The first kappa shape index (κ1) is 17.2. The quantitative estimate of drug-likeness (QED) is 0.628. The lowest BCUT2D eigenvalue weighted by Gasteiger charge is -2.13. The number of benzene rings is 2. The van der Waals surface area contributed by atoms with Gasteiger partial charge in [0.1, 0.15) is 5.75 Å². The lowest BCUT2D eigenvalue weighted by molar-refractivity contribution is 0.410. The Morgan fingerprint density at radius 1 is 1.04 bits per heavy atom. The Kier molecular flexibility index (Phi) is 6.76. The molecular formula is C18H22ClN3O. The number of hydrogen-bond donors (Lipinski definition) is 2. The van der Waals surface area contributed by atoms with E-state index in [1.54, 1.807) is 7.11 Å². The van der Waals surface area contributed by atoms with Crippen LogP contribution in [0.15, 0.2) is 53.5 Å². The van der Waals surface area contributed by atoms with E-state index in [0.29, 0.717) is 13.1 Å². The first-order chi connectivity index (χ1) is 11.2. The number of nitrogens with one attached hydrogen (secondary N) is 2. The highest BCUT2D eigenvalue weighted by Gasteiger charge is 2.04. The molecule has 0 saturated heterocycles. The van der Waals surface area contributed by atoms with Gasteiger partial charge in [0.2, 0.25) is 0 Å². The lowest BCUT2D eigenvalue weighted by Crippen LogP contribution is -2.36. The largest absolute Gasteiger partial charge is 0.496 e. The van der Waals surface area contributed by atoms with Crippen molar-refractivity contribution >= 4 is 17.6 Å². The molecule has 0 aliphatic rings. The van der Waals surface area contributed by atoms with Gasteiger partial charge >= 0.3 is 0 Å². The molecule has 23 heavy (non-hydrogen) atoms. The molecule has 2 aromatic carbocycles. The Morgan fingerprint density at radius 3 is 2.43 bits per heavy atom. The maximum absolute atomic E-state index is 6.18. The number of aliphatic imine (C=N–C) groups is 1. The first-order valence-corrected chi connectivity index (χ1v) is 8.00. The fourth-order valence-corrected chi connectivity index (χ4v) is 2.36. The highest BCUT2D eigenvalue weighted by Crippen LogP contribution is 2.18. The first-order valence-electron chi connectivity index (χ1n) is 7.62. The standard InChI is InChI=1S/C18H22ClN3O/c1-3-20-18(21-12-14-8-4-6-10-16(14)19)22-13-15-9-5-7-11-17(15)23-2/h4-11H,3,12-13H2,1-2H3,(H2,20,21,22). The van der Waals surface area contributed by atoms with Crippen LogP contribution in [-0.4, -0.2) is 19.6 Å². The maximum atomic E-state index is 6.18. The van der Waals surface area contributed by atoms with Crippen molar-refractivity contribution < 1.29 is 4.74 Å². The van der Waals surface area contributed by atoms with Crippen LogP contribution in [0.2, 0.25) is 5.02 Å². The lowest BCUT2D eigenvalue weighted by atomic mass is 10.2. The molecule has 0 spiro atoms. The summed E-state index contributed by atoms with van der Waals surface area (Å²) in [5.41, 5.74) is 2.09.